The molecule has 5 nitrogen and oxygen atoms in total. The Balaban J connectivity index is 1.69. The maximum absolute atomic E-state index is 12.4. The monoisotopic (exact) mass is 404 g/mol. The fraction of sp³-hybridized carbons (Fsp3) is 0.200. The summed E-state index contributed by atoms with van der Waals surface area (Å²) in [7, 11) is -0.431. The minimum atomic E-state index is -3.48. The van der Waals surface area contributed by atoms with Crippen LogP contribution in [0.4, 0.5) is 0 Å². The second kappa shape index (κ2) is 8.27. The number of hydrogen-bond donors (Lipinski definition) is 1. The number of hydrogen-bond acceptors (Lipinski definition) is 4. The second-order valence-electron chi connectivity index (χ2n) is 6.24. The van der Waals surface area contributed by atoms with Gasteiger partial charge in [-0.1, -0.05) is 41.9 Å². The van der Waals surface area contributed by atoms with Crippen molar-refractivity contribution in [1.82, 2.24) is 9.62 Å². The van der Waals surface area contributed by atoms with E-state index in [-0.39, 0.29) is 0 Å². The van der Waals surface area contributed by atoms with Gasteiger partial charge in [-0.15, -0.1) is 0 Å². The van der Waals surface area contributed by atoms with Crippen molar-refractivity contribution in [2.24, 2.45) is 0 Å². The summed E-state index contributed by atoms with van der Waals surface area (Å²) in [6.45, 7) is 0.881. The second-order valence-corrected chi connectivity index (χ2v) is 8.77. The maximum atomic E-state index is 12.4. The lowest BCUT2D eigenvalue weighted by atomic mass is 10.2. The highest BCUT2D eigenvalue weighted by Crippen LogP contribution is 2.29. The van der Waals surface area contributed by atoms with Crippen LogP contribution in [0, 0.1) is 0 Å². The number of nitrogens with one attached hydrogen (secondary N) is 1. The average Bonchev–Trinajstić information content (AvgIpc) is 3.11. The number of furan rings is 1. The first kappa shape index (κ1) is 19.6. The van der Waals surface area contributed by atoms with E-state index in [0.717, 1.165) is 11.3 Å². The molecule has 0 aliphatic rings. The molecule has 27 heavy (non-hydrogen) atoms. The predicted octanol–water partition coefficient (Wildman–Crippen LogP) is 4.14. The Kier molecular flexibility index (Phi) is 6.01. The van der Waals surface area contributed by atoms with Gasteiger partial charge in [-0.25, -0.2) is 12.7 Å². The fourth-order valence-corrected chi connectivity index (χ4v) is 4.04. The summed E-state index contributed by atoms with van der Waals surface area (Å²) in [6.07, 6.45) is 0. The van der Waals surface area contributed by atoms with Crippen LogP contribution in [-0.2, 0) is 23.1 Å². The molecule has 0 aliphatic heterocycles. The molecule has 0 saturated heterocycles. The van der Waals surface area contributed by atoms with E-state index >= 15 is 0 Å². The normalized spacial score (nSPS) is 11.9. The van der Waals surface area contributed by atoms with Gasteiger partial charge in [-0.3, -0.25) is 0 Å². The number of benzene rings is 2. The number of rotatable bonds is 7. The van der Waals surface area contributed by atoms with Crippen molar-refractivity contribution in [1.29, 1.82) is 0 Å². The van der Waals surface area contributed by atoms with E-state index in [9.17, 15) is 8.42 Å². The average molecular weight is 405 g/mol. The highest BCUT2D eigenvalue weighted by molar-refractivity contribution is 7.89. The molecule has 0 saturated carbocycles. The zero-order valence-electron chi connectivity index (χ0n) is 15.1. The molecule has 0 unspecified atom stereocenters. The van der Waals surface area contributed by atoms with Gasteiger partial charge in [0.05, 0.1) is 16.5 Å². The molecule has 0 bridgehead atoms. The van der Waals surface area contributed by atoms with E-state index < -0.39 is 10.0 Å². The van der Waals surface area contributed by atoms with Crippen LogP contribution in [0.2, 0.25) is 5.02 Å². The Hall–Kier alpha value is -2.12. The molecule has 2 aromatic carbocycles. The molecule has 0 aliphatic carbocycles. The summed E-state index contributed by atoms with van der Waals surface area (Å²) in [5.41, 5.74) is 1.55. The standard InChI is InChI=1S/C20H21ClN2O3S/c1-23(2)27(24,25)20-10-6-3-7-15(20)13-22-14-16-11-12-19(26-16)17-8-4-5-9-18(17)21/h3-12,22H,13-14H2,1-2H3. The van der Waals surface area contributed by atoms with Crippen molar-refractivity contribution in [3.8, 4) is 11.3 Å². The molecular formula is C20H21ClN2O3S. The van der Waals surface area contributed by atoms with Crippen molar-refractivity contribution in [3.05, 3.63) is 77.0 Å². The van der Waals surface area contributed by atoms with Crippen LogP contribution >= 0.6 is 11.6 Å². The van der Waals surface area contributed by atoms with Crippen LogP contribution in [0.1, 0.15) is 11.3 Å². The van der Waals surface area contributed by atoms with Gasteiger partial charge in [0.15, 0.2) is 0 Å². The van der Waals surface area contributed by atoms with E-state index in [1.165, 1.54) is 18.4 Å². The third kappa shape index (κ3) is 4.42. The first-order chi connectivity index (χ1) is 12.9. The Morgan fingerprint density at radius 1 is 0.963 bits per heavy atom. The van der Waals surface area contributed by atoms with Gasteiger partial charge in [-0.05, 0) is 35.9 Å². The minimum absolute atomic E-state index is 0.304. The fourth-order valence-electron chi connectivity index (χ4n) is 2.70. The van der Waals surface area contributed by atoms with Crippen molar-refractivity contribution in [3.63, 3.8) is 0 Å². The summed E-state index contributed by atoms with van der Waals surface area (Å²) in [4.78, 5) is 0.304. The molecule has 1 heterocycles. The first-order valence-corrected chi connectivity index (χ1v) is 10.3. The molecule has 0 spiro atoms. The van der Waals surface area contributed by atoms with E-state index in [1.807, 2.05) is 42.5 Å². The van der Waals surface area contributed by atoms with Gasteiger partial charge in [-0.2, -0.15) is 0 Å². The Labute approximate surface area is 164 Å². The van der Waals surface area contributed by atoms with Crippen LogP contribution in [-0.4, -0.2) is 26.8 Å². The minimum Gasteiger partial charge on any atom is -0.460 e. The maximum Gasteiger partial charge on any atom is 0.242 e. The number of sulfonamides is 1. The third-order valence-electron chi connectivity index (χ3n) is 4.15. The van der Waals surface area contributed by atoms with Gasteiger partial charge in [0.1, 0.15) is 11.5 Å². The lowest BCUT2D eigenvalue weighted by molar-refractivity contribution is 0.491. The van der Waals surface area contributed by atoms with Crippen molar-refractivity contribution in [2.45, 2.75) is 18.0 Å². The highest BCUT2D eigenvalue weighted by atomic mass is 35.5. The van der Waals surface area contributed by atoms with Gasteiger partial charge in [0.25, 0.3) is 0 Å². The van der Waals surface area contributed by atoms with E-state index in [1.54, 1.807) is 18.2 Å². The molecule has 0 atom stereocenters. The van der Waals surface area contributed by atoms with Crippen molar-refractivity contribution < 1.29 is 12.8 Å². The van der Waals surface area contributed by atoms with Crippen LogP contribution < -0.4 is 5.32 Å². The van der Waals surface area contributed by atoms with Crippen LogP contribution in [0.25, 0.3) is 11.3 Å². The predicted molar refractivity (Wildman–Crippen MR) is 107 cm³/mol. The number of halogens is 1. The molecule has 3 rings (SSSR count). The van der Waals surface area contributed by atoms with Gasteiger partial charge in [0, 0.05) is 26.2 Å². The van der Waals surface area contributed by atoms with Gasteiger partial charge < -0.3 is 9.73 Å². The highest BCUT2D eigenvalue weighted by Gasteiger charge is 2.20. The summed E-state index contributed by atoms with van der Waals surface area (Å²) in [5, 5.41) is 3.87. The summed E-state index contributed by atoms with van der Waals surface area (Å²) >= 11 is 6.20. The zero-order valence-corrected chi connectivity index (χ0v) is 16.7. The third-order valence-corrected chi connectivity index (χ3v) is 6.39. The molecule has 1 aromatic heterocycles. The zero-order chi connectivity index (χ0) is 19.4. The number of nitrogens with zero attached hydrogens (tertiary/aromatic N) is 1. The lowest BCUT2D eigenvalue weighted by Crippen LogP contribution is -2.24. The molecule has 0 fully saturated rings. The first-order valence-electron chi connectivity index (χ1n) is 8.44. The Morgan fingerprint density at radius 3 is 2.41 bits per heavy atom. The largest absolute Gasteiger partial charge is 0.460 e. The molecule has 1 N–H and O–H groups in total. The SMILES string of the molecule is CN(C)S(=O)(=O)c1ccccc1CNCc1ccc(-c2ccccc2Cl)o1. The van der Waals surface area contributed by atoms with Crippen molar-refractivity contribution >= 4 is 21.6 Å². The summed E-state index contributed by atoms with van der Waals surface area (Å²) < 4.78 is 32.0. The molecule has 0 radical (unpaired) electrons. The van der Waals surface area contributed by atoms with Crippen LogP contribution in [0.15, 0.2) is 70.0 Å². The molecular weight excluding hydrogens is 384 g/mol. The summed E-state index contributed by atoms with van der Waals surface area (Å²) in [6, 6.07) is 18.2. The van der Waals surface area contributed by atoms with Gasteiger partial charge in [0.2, 0.25) is 10.0 Å². The molecule has 142 valence electrons. The van der Waals surface area contributed by atoms with E-state index in [4.69, 9.17) is 16.0 Å². The quantitative estimate of drug-likeness (QED) is 0.642. The van der Waals surface area contributed by atoms with E-state index in [0.29, 0.717) is 34.3 Å². The molecule has 3 aromatic rings. The van der Waals surface area contributed by atoms with Crippen LogP contribution in [0.5, 0.6) is 0 Å². The van der Waals surface area contributed by atoms with Crippen molar-refractivity contribution in [2.75, 3.05) is 14.1 Å². The topological polar surface area (TPSA) is 62.6 Å². The Morgan fingerprint density at radius 2 is 1.67 bits per heavy atom. The lowest BCUT2D eigenvalue weighted by Gasteiger charge is -2.15. The van der Waals surface area contributed by atoms with Gasteiger partial charge >= 0.3 is 0 Å². The molecule has 0 amide bonds. The van der Waals surface area contributed by atoms with Crippen LogP contribution in [0.3, 0.4) is 0 Å². The van der Waals surface area contributed by atoms with E-state index in [2.05, 4.69) is 5.32 Å². The summed E-state index contributed by atoms with van der Waals surface area (Å²) in [5.74, 6) is 1.45. The molecule has 7 heteroatoms. The smallest absolute Gasteiger partial charge is 0.242 e. The Bertz CT molecular complexity index is 1030.